The monoisotopic (exact) mass is 179 g/mol. The van der Waals surface area contributed by atoms with Crippen molar-refractivity contribution in [2.45, 2.75) is 19.4 Å². The van der Waals surface area contributed by atoms with Crippen LogP contribution in [-0.2, 0) is 4.79 Å². The van der Waals surface area contributed by atoms with Crippen molar-refractivity contribution in [1.82, 2.24) is 4.72 Å². The normalized spacial score (nSPS) is 12.9. The molecular formula is C6H13NO3S. The molecule has 0 amide bonds. The zero-order valence-electron chi connectivity index (χ0n) is 6.41. The zero-order chi connectivity index (χ0) is 8.69. The fourth-order valence-corrected chi connectivity index (χ4v) is 1.11. The Hall–Kier alpha value is -0.260. The van der Waals surface area contributed by atoms with Gasteiger partial charge in [-0.1, -0.05) is 11.9 Å². The summed E-state index contributed by atoms with van der Waals surface area (Å²) in [6.45, 7) is 1.73. The molecule has 0 saturated heterocycles. The molecule has 66 valence electrons. The molecule has 0 bridgehead atoms. The van der Waals surface area contributed by atoms with E-state index < -0.39 is 12.0 Å². The van der Waals surface area contributed by atoms with E-state index in [2.05, 4.69) is 4.72 Å². The van der Waals surface area contributed by atoms with E-state index in [-0.39, 0.29) is 6.61 Å². The average molecular weight is 179 g/mol. The summed E-state index contributed by atoms with van der Waals surface area (Å²) in [6.07, 6.45) is 0.685. The van der Waals surface area contributed by atoms with E-state index >= 15 is 0 Å². The van der Waals surface area contributed by atoms with E-state index in [1.807, 2.05) is 0 Å². The Labute approximate surface area is 70.1 Å². The fourth-order valence-electron chi connectivity index (χ4n) is 0.371. The Bertz CT molecular complexity index is 120. The molecule has 0 heterocycles. The van der Waals surface area contributed by atoms with Crippen LogP contribution in [0, 0.1) is 0 Å². The molecular weight excluding hydrogens is 166 g/mol. The second-order valence-electron chi connectivity index (χ2n) is 2.10. The lowest BCUT2D eigenvalue weighted by atomic mass is 10.4. The quantitative estimate of drug-likeness (QED) is 0.398. The standard InChI is InChI=1S/C6H13NO3S/c1-5(6(9)10)7-11-4-2-3-8/h5,7-8H,2-4H2,1H3,(H,9,10)/t5-/m0/s1. The largest absolute Gasteiger partial charge is 0.480 e. The third-order valence-electron chi connectivity index (χ3n) is 1.04. The smallest absolute Gasteiger partial charge is 0.321 e. The van der Waals surface area contributed by atoms with E-state index in [9.17, 15) is 4.79 Å². The first-order valence-corrected chi connectivity index (χ1v) is 4.38. The van der Waals surface area contributed by atoms with Gasteiger partial charge in [-0.05, 0) is 13.3 Å². The lowest BCUT2D eigenvalue weighted by Crippen LogP contribution is -2.28. The zero-order valence-corrected chi connectivity index (χ0v) is 7.23. The van der Waals surface area contributed by atoms with Gasteiger partial charge in [0.25, 0.3) is 0 Å². The summed E-state index contributed by atoms with van der Waals surface area (Å²) in [5, 5.41) is 16.8. The van der Waals surface area contributed by atoms with E-state index in [0.717, 1.165) is 5.75 Å². The Morgan fingerprint density at radius 2 is 2.36 bits per heavy atom. The number of carboxylic acid groups (broad SMARTS) is 1. The number of nitrogens with one attached hydrogen (secondary N) is 1. The maximum atomic E-state index is 10.2. The van der Waals surface area contributed by atoms with Crippen LogP contribution >= 0.6 is 11.9 Å². The van der Waals surface area contributed by atoms with Crippen molar-refractivity contribution in [1.29, 1.82) is 0 Å². The number of carboxylic acids is 1. The number of rotatable bonds is 6. The minimum atomic E-state index is -0.860. The van der Waals surface area contributed by atoms with E-state index in [1.54, 1.807) is 6.92 Å². The molecule has 0 rings (SSSR count). The van der Waals surface area contributed by atoms with E-state index in [1.165, 1.54) is 11.9 Å². The second-order valence-corrected chi connectivity index (χ2v) is 3.04. The number of hydrogen-bond acceptors (Lipinski definition) is 4. The molecule has 0 fully saturated rings. The van der Waals surface area contributed by atoms with Crippen molar-refractivity contribution in [3.05, 3.63) is 0 Å². The van der Waals surface area contributed by atoms with Gasteiger partial charge in [-0.2, -0.15) is 0 Å². The van der Waals surface area contributed by atoms with Gasteiger partial charge in [0, 0.05) is 12.4 Å². The first kappa shape index (κ1) is 10.7. The third kappa shape index (κ3) is 6.15. The highest BCUT2D eigenvalue weighted by Gasteiger charge is 2.08. The Balaban J connectivity index is 3.17. The maximum Gasteiger partial charge on any atom is 0.321 e. The van der Waals surface area contributed by atoms with E-state index in [0.29, 0.717) is 6.42 Å². The Kier molecular flexibility index (Phi) is 6.30. The van der Waals surface area contributed by atoms with Gasteiger partial charge in [0.05, 0.1) is 0 Å². The molecule has 0 unspecified atom stereocenters. The van der Waals surface area contributed by atoms with Crippen molar-refractivity contribution in [3.63, 3.8) is 0 Å². The maximum absolute atomic E-state index is 10.2. The number of carbonyl (C=O) groups is 1. The van der Waals surface area contributed by atoms with Crippen molar-refractivity contribution in [2.75, 3.05) is 12.4 Å². The van der Waals surface area contributed by atoms with Crippen LogP contribution in [-0.4, -0.2) is 34.6 Å². The van der Waals surface area contributed by atoms with Crippen molar-refractivity contribution < 1.29 is 15.0 Å². The van der Waals surface area contributed by atoms with Crippen LogP contribution < -0.4 is 4.72 Å². The molecule has 5 heteroatoms. The first-order chi connectivity index (χ1) is 5.18. The van der Waals surface area contributed by atoms with Gasteiger partial charge in [-0.15, -0.1) is 0 Å². The van der Waals surface area contributed by atoms with Crippen molar-refractivity contribution >= 4 is 17.9 Å². The molecule has 3 N–H and O–H groups in total. The highest BCUT2D eigenvalue weighted by molar-refractivity contribution is 7.97. The van der Waals surface area contributed by atoms with Crippen LogP contribution in [0.2, 0.25) is 0 Å². The average Bonchev–Trinajstić information content (AvgIpc) is 1.97. The molecule has 0 aliphatic heterocycles. The van der Waals surface area contributed by atoms with Gasteiger partial charge in [0.1, 0.15) is 6.04 Å². The van der Waals surface area contributed by atoms with Crippen LogP contribution in [0.3, 0.4) is 0 Å². The van der Waals surface area contributed by atoms with Crippen molar-refractivity contribution in [2.24, 2.45) is 0 Å². The molecule has 0 spiro atoms. The van der Waals surface area contributed by atoms with Gasteiger partial charge in [0.15, 0.2) is 0 Å². The summed E-state index contributed by atoms with van der Waals surface area (Å²) >= 11 is 1.32. The molecule has 0 aromatic heterocycles. The lowest BCUT2D eigenvalue weighted by Gasteiger charge is -2.06. The summed E-state index contributed by atoms with van der Waals surface area (Å²) in [5.41, 5.74) is 0. The fraction of sp³-hybridized carbons (Fsp3) is 0.833. The van der Waals surface area contributed by atoms with Crippen LogP contribution in [0.5, 0.6) is 0 Å². The number of aliphatic hydroxyl groups excluding tert-OH is 1. The second kappa shape index (κ2) is 6.45. The Morgan fingerprint density at radius 1 is 1.73 bits per heavy atom. The summed E-state index contributed by atoms with van der Waals surface area (Å²) in [5.74, 6) is -0.129. The van der Waals surface area contributed by atoms with E-state index in [4.69, 9.17) is 10.2 Å². The molecule has 0 aromatic carbocycles. The minimum Gasteiger partial charge on any atom is -0.480 e. The summed E-state index contributed by atoms with van der Waals surface area (Å²) in [6, 6.07) is -0.529. The van der Waals surface area contributed by atoms with Gasteiger partial charge >= 0.3 is 5.97 Å². The van der Waals surface area contributed by atoms with Crippen molar-refractivity contribution in [3.8, 4) is 0 Å². The molecule has 0 saturated carbocycles. The number of hydrogen-bond donors (Lipinski definition) is 3. The van der Waals surface area contributed by atoms with Crippen LogP contribution in [0.25, 0.3) is 0 Å². The highest BCUT2D eigenvalue weighted by atomic mass is 32.2. The Morgan fingerprint density at radius 3 is 2.82 bits per heavy atom. The lowest BCUT2D eigenvalue weighted by molar-refractivity contribution is -0.138. The van der Waals surface area contributed by atoms with Crippen LogP contribution in [0.4, 0.5) is 0 Å². The van der Waals surface area contributed by atoms with Crippen LogP contribution in [0.15, 0.2) is 0 Å². The molecule has 4 nitrogen and oxygen atoms in total. The predicted molar refractivity (Wildman–Crippen MR) is 44.4 cm³/mol. The van der Waals surface area contributed by atoms with Gasteiger partial charge < -0.3 is 10.2 Å². The minimum absolute atomic E-state index is 0.149. The molecule has 11 heavy (non-hydrogen) atoms. The highest BCUT2D eigenvalue weighted by Crippen LogP contribution is 1.98. The topological polar surface area (TPSA) is 69.6 Å². The summed E-state index contributed by atoms with van der Waals surface area (Å²) < 4.78 is 2.72. The van der Waals surface area contributed by atoms with Crippen LogP contribution in [0.1, 0.15) is 13.3 Å². The van der Waals surface area contributed by atoms with Gasteiger partial charge in [-0.3, -0.25) is 9.52 Å². The molecule has 0 radical (unpaired) electrons. The SMILES string of the molecule is C[C@H](NSCCCO)C(=O)O. The summed E-state index contributed by atoms with van der Waals surface area (Å²) in [7, 11) is 0. The molecule has 0 aliphatic rings. The first-order valence-electron chi connectivity index (χ1n) is 3.39. The molecule has 1 atom stereocenters. The van der Waals surface area contributed by atoms with Gasteiger partial charge in [-0.25, -0.2) is 0 Å². The van der Waals surface area contributed by atoms with Gasteiger partial charge in [0.2, 0.25) is 0 Å². The number of aliphatic carboxylic acids is 1. The summed E-state index contributed by atoms with van der Waals surface area (Å²) in [4.78, 5) is 10.2. The third-order valence-corrected chi connectivity index (χ3v) is 2.05. The molecule has 0 aromatic rings. The molecule has 0 aliphatic carbocycles. The number of aliphatic hydroxyl groups is 1. The predicted octanol–water partition coefficient (Wildman–Crippen LogP) is 0.0797.